The molecule has 1 aromatic carbocycles. The fraction of sp³-hybridized carbons (Fsp3) is 0.235. The van der Waals surface area contributed by atoms with Crippen LogP contribution in [-0.4, -0.2) is 37.5 Å². The first-order chi connectivity index (χ1) is 12.1. The fourth-order valence-corrected chi connectivity index (χ4v) is 2.30. The topological polar surface area (TPSA) is 98.1 Å². The average Bonchev–Trinajstić information content (AvgIpc) is 3.14. The highest BCUT2D eigenvalue weighted by atomic mass is 16.5. The summed E-state index contributed by atoms with van der Waals surface area (Å²) in [7, 11) is 0. The van der Waals surface area contributed by atoms with Crippen molar-refractivity contribution in [1.82, 2.24) is 5.32 Å². The molecule has 2 amide bonds. The second-order valence-corrected chi connectivity index (χ2v) is 5.25. The van der Waals surface area contributed by atoms with E-state index >= 15 is 0 Å². The van der Waals surface area contributed by atoms with Crippen LogP contribution in [0, 0.1) is 0 Å². The molecule has 8 heteroatoms. The van der Waals surface area contributed by atoms with E-state index in [0.29, 0.717) is 17.2 Å². The molecule has 0 bridgehead atoms. The first-order valence-corrected chi connectivity index (χ1v) is 7.60. The number of benzene rings is 1. The van der Waals surface area contributed by atoms with Gasteiger partial charge in [0.25, 0.3) is 11.8 Å². The predicted molar refractivity (Wildman–Crippen MR) is 85.8 cm³/mol. The Labute approximate surface area is 143 Å². The summed E-state index contributed by atoms with van der Waals surface area (Å²) in [5.41, 5.74) is 0.498. The molecule has 0 saturated heterocycles. The van der Waals surface area contributed by atoms with Gasteiger partial charge in [0.05, 0.1) is 18.5 Å². The number of ether oxygens (including phenoxy) is 2. The quantitative estimate of drug-likeness (QED) is 0.781. The number of amides is 2. The molecular weight excluding hydrogens is 328 g/mol. The van der Waals surface area contributed by atoms with Crippen molar-refractivity contribution in [2.75, 3.05) is 24.7 Å². The molecule has 130 valence electrons. The second-order valence-electron chi connectivity index (χ2n) is 5.25. The minimum Gasteiger partial charge on any atom is -0.482 e. The van der Waals surface area contributed by atoms with Crippen molar-refractivity contribution in [3.63, 3.8) is 0 Å². The average molecular weight is 344 g/mol. The number of carbonyl (C=O) groups is 3. The number of nitrogens with one attached hydrogen (secondary N) is 1. The van der Waals surface area contributed by atoms with E-state index in [1.54, 1.807) is 36.4 Å². The van der Waals surface area contributed by atoms with Crippen LogP contribution in [0.1, 0.15) is 5.76 Å². The van der Waals surface area contributed by atoms with Gasteiger partial charge in [-0.3, -0.25) is 19.3 Å². The number of esters is 1. The summed E-state index contributed by atoms with van der Waals surface area (Å²) in [5, 5.41) is 2.56. The van der Waals surface area contributed by atoms with Gasteiger partial charge >= 0.3 is 5.97 Å². The van der Waals surface area contributed by atoms with Crippen molar-refractivity contribution >= 4 is 23.5 Å². The highest BCUT2D eigenvalue weighted by molar-refractivity contribution is 6.01. The minimum absolute atomic E-state index is 0.145. The zero-order chi connectivity index (χ0) is 17.6. The molecule has 2 heterocycles. The molecule has 0 saturated carbocycles. The Bertz CT molecular complexity index is 771. The van der Waals surface area contributed by atoms with Crippen LogP contribution in [0.5, 0.6) is 5.75 Å². The van der Waals surface area contributed by atoms with Crippen LogP contribution >= 0.6 is 0 Å². The SMILES string of the molecule is O=C(COC(=O)CN1C(=O)COc2ccccc21)NCc1ccco1. The minimum atomic E-state index is -0.682. The molecule has 0 spiro atoms. The third-order valence-corrected chi connectivity index (χ3v) is 3.50. The summed E-state index contributed by atoms with van der Waals surface area (Å²) >= 11 is 0. The van der Waals surface area contributed by atoms with E-state index in [9.17, 15) is 14.4 Å². The maximum absolute atomic E-state index is 12.0. The van der Waals surface area contributed by atoms with E-state index in [4.69, 9.17) is 13.9 Å². The van der Waals surface area contributed by atoms with Crippen LogP contribution < -0.4 is 15.0 Å². The molecule has 0 atom stereocenters. The van der Waals surface area contributed by atoms with Crippen LogP contribution in [0.15, 0.2) is 47.1 Å². The first kappa shape index (κ1) is 16.6. The molecule has 0 fully saturated rings. The van der Waals surface area contributed by atoms with Gasteiger partial charge in [0, 0.05) is 0 Å². The molecule has 1 aliphatic heterocycles. The lowest BCUT2D eigenvalue weighted by Gasteiger charge is -2.28. The molecule has 0 radical (unpaired) electrons. The molecule has 0 aliphatic carbocycles. The predicted octanol–water partition coefficient (Wildman–Crippen LogP) is 0.865. The highest BCUT2D eigenvalue weighted by Crippen LogP contribution is 2.31. The van der Waals surface area contributed by atoms with E-state index in [1.807, 2.05) is 0 Å². The summed E-state index contributed by atoms with van der Waals surface area (Å²) in [6.45, 7) is -0.656. The summed E-state index contributed by atoms with van der Waals surface area (Å²) in [6.07, 6.45) is 1.50. The van der Waals surface area contributed by atoms with E-state index < -0.39 is 18.5 Å². The molecular formula is C17H16N2O6. The van der Waals surface area contributed by atoms with Gasteiger partial charge in [-0.05, 0) is 24.3 Å². The van der Waals surface area contributed by atoms with Crippen LogP contribution in [0.2, 0.25) is 0 Å². The van der Waals surface area contributed by atoms with E-state index in [-0.39, 0.29) is 25.6 Å². The smallest absolute Gasteiger partial charge is 0.326 e. The molecule has 1 aromatic heterocycles. The third kappa shape index (κ3) is 4.17. The normalized spacial score (nSPS) is 13.0. The summed E-state index contributed by atoms with van der Waals surface area (Å²) in [4.78, 5) is 36.9. The Morgan fingerprint density at radius 3 is 2.84 bits per heavy atom. The lowest BCUT2D eigenvalue weighted by atomic mass is 10.2. The molecule has 8 nitrogen and oxygen atoms in total. The van der Waals surface area contributed by atoms with Crippen LogP contribution in [0.25, 0.3) is 0 Å². The van der Waals surface area contributed by atoms with E-state index in [2.05, 4.69) is 5.32 Å². The highest BCUT2D eigenvalue weighted by Gasteiger charge is 2.27. The van der Waals surface area contributed by atoms with Crippen molar-refractivity contribution in [3.8, 4) is 5.75 Å². The van der Waals surface area contributed by atoms with Crippen molar-refractivity contribution in [1.29, 1.82) is 0 Å². The van der Waals surface area contributed by atoms with Crippen LogP contribution in [0.4, 0.5) is 5.69 Å². The van der Waals surface area contributed by atoms with Gasteiger partial charge in [-0.1, -0.05) is 12.1 Å². The molecule has 1 aliphatic rings. The van der Waals surface area contributed by atoms with Gasteiger partial charge in [0.1, 0.15) is 18.1 Å². The van der Waals surface area contributed by atoms with Crippen molar-refractivity contribution in [2.24, 2.45) is 0 Å². The third-order valence-electron chi connectivity index (χ3n) is 3.50. The monoisotopic (exact) mass is 344 g/mol. The van der Waals surface area contributed by atoms with Crippen molar-refractivity contribution in [3.05, 3.63) is 48.4 Å². The van der Waals surface area contributed by atoms with Gasteiger partial charge in [0.15, 0.2) is 13.2 Å². The largest absolute Gasteiger partial charge is 0.482 e. The fourth-order valence-electron chi connectivity index (χ4n) is 2.30. The van der Waals surface area contributed by atoms with Crippen LogP contribution in [-0.2, 0) is 25.7 Å². The van der Waals surface area contributed by atoms with Crippen LogP contribution in [0.3, 0.4) is 0 Å². The Hall–Kier alpha value is -3.29. The number of carbonyl (C=O) groups excluding carboxylic acids is 3. The number of anilines is 1. The Kier molecular flexibility index (Phi) is 4.98. The number of furan rings is 1. The first-order valence-electron chi connectivity index (χ1n) is 7.60. The summed E-state index contributed by atoms with van der Waals surface area (Å²) < 4.78 is 15.3. The Morgan fingerprint density at radius 2 is 2.04 bits per heavy atom. The lowest BCUT2D eigenvalue weighted by Crippen LogP contribution is -2.43. The number of para-hydroxylation sites is 2. The number of rotatable bonds is 6. The molecule has 3 rings (SSSR count). The van der Waals surface area contributed by atoms with E-state index in [0.717, 1.165) is 0 Å². The number of fused-ring (bicyclic) bond motifs is 1. The van der Waals surface area contributed by atoms with Crippen molar-refractivity contribution in [2.45, 2.75) is 6.54 Å². The Morgan fingerprint density at radius 1 is 1.20 bits per heavy atom. The van der Waals surface area contributed by atoms with Crippen molar-refractivity contribution < 1.29 is 28.3 Å². The maximum atomic E-state index is 12.0. The van der Waals surface area contributed by atoms with Gasteiger partial charge < -0.3 is 19.2 Å². The zero-order valence-electron chi connectivity index (χ0n) is 13.3. The maximum Gasteiger partial charge on any atom is 0.326 e. The van der Waals surface area contributed by atoms with Gasteiger partial charge in [-0.25, -0.2) is 0 Å². The molecule has 1 N–H and O–H groups in total. The van der Waals surface area contributed by atoms with E-state index in [1.165, 1.54) is 11.2 Å². The second kappa shape index (κ2) is 7.52. The van der Waals surface area contributed by atoms with Gasteiger partial charge in [0.2, 0.25) is 0 Å². The van der Waals surface area contributed by atoms with Gasteiger partial charge in [-0.2, -0.15) is 0 Å². The summed E-state index contributed by atoms with van der Waals surface area (Å²) in [5.74, 6) is -0.379. The molecule has 2 aromatic rings. The number of hydrogen-bond donors (Lipinski definition) is 1. The van der Waals surface area contributed by atoms with Gasteiger partial charge in [-0.15, -0.1) is 0 Å². The zero-order valence-corrected chi connectivity index (χ0v) is 13.3. The number of nitrogens with zero attached hydrogens (tertiary/aromatic N) is 1. The standard InChI is InChI=1S/C17H16N2O6/c20-15(18-8-12-4-3-7-23-12)10-25-17(22)9-19-13-5-1-2-6-14(13)24-11-16(19)21/h1-7H,8-11H2,(H,18,20). The number of hydrogen-bond acceptors (Lipinski definition) is 6. The Balaban J connectivity index is 1.49. The summed E-state index contributed by atoms with van der Waals surface area (Å²) in [6, 6.07) is 10.3. The molecule has 25 heavy (non-hydrogen) atoms. The molecule has 0 unspecified atom stereocenters. The lowest BCUT2D eigenvalue weighted by molar-refractivity contribution is -0.147.